The first-order valence-corrected chi connectivity index (χ1v) is 7.97. The maximum absolute atomic E-state index is 8.82. The molecule has 3 rings (SSSR count). The molecule has 1 heterocycles. The van der Waals surface area contributed by atoms with Crippen LogP contribution in [-0.4, -0.2) is 11.5 Å². The molecule has 0 aliphatic rings. The second kappa shape index (κ2) is 6.88. The number of benzene rings is 2. The summed E-state index contributed by atoms with van der Waals surface area (Å²) in [6, 6.07) is 20.0. The smallest absolute Gasteiger partial charge is 0.183 e. The number of nitrogens with one attached hydrogen (secondary N) is 1. The fourth-order valence-electron chi connectivity index (χ4n) is 2.16. The van der Waals surface area contributed by atoms with Crippen molar-refractivity contribution in [2.75, 3.05) is 11.9 Å². The summed E-state index contributed by atoms with van der Waals surface area (Å²) in [5.41, 5.74) is 3.96. The summed E-state index contributed by atoms with van der Waals surface area (Å²) in [4.78, 5) is 4.59. The standard InChI is InChI=1S/C18H15N3S/c19-12-15-6-8-16(9-7-15)17-13-22-18(21-17)20-11-10-14-4-2-1-3-5-14/h1-9,13H,10-11H2,(H,20,21). The van der Waals surface area contributed by atoms with E-state index in [1.165, 1.54) is 5.56 Å². The van der Waals surface area contributed by atoms with Crippen LogP contribution in [0.1, 0.15) is 11.1 Å². The Morgan fingerprint density at radius 1 is 1.05 bits per heavy atom. The average Bonchev–Trinajstić information content (AvgIpc) is 3.05. The van der Waals surface area contributed by atoms with Crippen molar-refractivity contribution < 1.29 is 0 Å². The normalized spacial score (nSPS) is 10.1. The lowest BCUT2D eigenvalue weighted by molar-refractivity contribution is 1.02. The van der Waals surface area contributed by atoms with Gasteiger partial charge in [-0.2, -0.15) is 5.26 Å². The number of rotatable bonds is 5. The number of thiazole rings is 1. The second-order valence-electron chi connectivity index (χ2n) is 4.89. The molecule has 0 amide bonds. The summed E-state index contributed by atoms with van der Waals surface area (Å²) in [6.45, 7) is 0.865. The van der Waals surface area contributed by atoms with Gasteiger partial charge in [0, 0.05) is 17.5 Å². The molecule has 1 N–H and O–H groups in total. The highest BCUT2D eigenvalue weighted by Crippen LogP contribution is 2.25. The SMILES string of the molecule is N#Cc1ccc(-c2csc(NCCc3ccccc3)n2)cc1. The summed E-state index contributed by atoms with van der Waals surface area (Å²) < 4.78 is 0. The van der Waals surface area contributed by atoms with Crippen LogP contribution >= 0.6 is 11.3 Å². The van der Waals surface area contributed by atoms with Crippen LogP contribution in [0.25, 0.3) is 11.3 Å². The molecule has 0 spiro atoms. The highest BCUT2D eigenvalue weighted by Gasteiger charge is 2.04. The van der Waals surface area contributed by atoms with Gasteiger partial charge in [0.15, 0.2) is 5.13 Å². The van der Waals surface area contributed by atoms with Crippen LogP contribution in [0.2, 0.25) is 0 Å². The molecular formula is C18H15N3S. The molecule has 0 bridgehead atoms. The van der Waals surface area contributed by atoms with Gasteiger partial charge in [0.1, 0.15) is 0 Å². The van der Waals surface area contributed by atoms with E-state index >= 15 is 0 Å². The van der Waals surface area contributed by atoms with Gasteiger partial charge < -0.3 is 5.32 Å². The van der Waals surface area contributed by atoms with E-state index in [4.69, 9.17) is 5.26 Å². The zero-order chi connectivity index (χ0) is 15.2. The van der Waals surface area contributed by atoms with Crippen LogP contribution in [0, 0.1) is 11.3 Å². The highest BCUT2D eigenvalue weighted by atomic mass is 32.1. The number of nitrogens with zero attached hydrogens (tertiary/aromatic N) is 2. The number of anilines is 1. The Labute approximate surface area is 133 Å². The molecule has 4 heteroatoms. The van der Waals surface area contributed by atoms with E-state index in [9.17, 15) is 0 Å². The van der Waals surface area contributed by atoms with E-state index in [0.717, 1.165) is 29.4 Å². The van der Waals surface area contributed by atoms with Crippen LogP contribution < -0.4 is 5.32 Å². The molecule has 2 aromatic carbocycles. The van der Waals surface area contributed by atoms with Crippen molar-refractivity contribution in [2.45, 2.75) is 6.42 Å². The van der Waals surface area contributed by atoms with Gasteiger partial charge in [-0.3, -0.25) is 0 Å². The van der Waals surface area contributed by atoms with E-state index in [-0.39, 0.29) is 0 Å². The predicted molar refractivity (Wildman–Crippen MR) is 90.9 cm³/mol. The largest absolute Gasteiger partial charge is 0.361 e. The third-order valence-electron chi connectivity index (χ3n) is 3.35. The third-order valence-corrected chi connectivity index (χ3v) is 4.15. The van der Waals surface area contributed by atoms with Gasteiger partial charge >= 0.3 is 0 Å². The van der Waals surface area contributed by atoms with Gasteiger partial charge in [0.2, 0.25) is 0 Å². The molecule has 0 aliphatic heterocycles. The van der Waals surface area contributed by atoms with Crippen LogP contribution in [0.5, 0.6) is 0 Å². The molecule has 0 saturated carbocycles. The summed E-state index contributed by atoms with van der Waals surface area (Å²) in [6.07, 6.45) is 0.979. The molecule has 3 nitrogen and oxygen atoms in total. The molecule has 0 radical (unpaired) electrons. The summed E-state index contributed by atoms with van der Waals surface area (Å²) in [7, 11) is 0. The second-order valence-corrected chi connectivity index (χ2v) is 5.75. The van der Waals surface area contributed by atoms with E-state index < -0.39 is 0 Å². The van der Waals surface area contributed by atoms with Crippen molar-refractivity contribution in [2.24, 2.45) is 0 Å². The number of nitriles is 1. The van der Waals surface area contributed by atoms with Crippen molar-refractivity contribution in [3.05, 3.63) is 71.1 Å². The first kappa shape index (κ1) is 14.3. The zero-order valence-electron chi connectivity index (χ0n) is 12.0. The van der Waals surface area contributed by atoms with E-state index in [1.807, 2.05) is 35.7 Å². The first-order valence-electron chi connectivity index (χ1n) is 7.09. The van der Waals surface area contributed by atoms with Crippen molar-refractivity contribution in [3.8, 4) is 17.3 Å². The third kappa shape index (κ3) is 3.51. The summed E-state index contributed by atoms with van der Waals surface area (Å²) >= 11 is 1.60. The lowest BCUT2D eigenvalue weighted by Crippen LogP contribution is -2.04. The molecule has 1 aromatic heterocycles. The minimum Gasteiger partial charge on any atom is -0.361 e. The van der Waals surface area contributed by atoms with Crippen molar-refractivity contribution in [3.63, 3.8) is 0 Å². The van der Waals surface area contributed by atoms with Gasteiger partial charge in [-0.15, -0.1) is 11.3 Å². The molecule has 0 fully saturated rings. The molecular weight excluding hydrogens is 290 g/mol. The van der Waals surface area contributed by atoms with Gasteiger partial charge in [-0.05, 0) is 24.1 Å². The Morgan fingerprint density at radius 3 is 2.55 bits per heavy atom. The van der Waals surface area contributed by atoms with Crippen LogP contribution in [0.3, 0.4) is 0 Å². The summed E-state index contributed by atoms with van der Waals surface area (Å²) in [5.74, 6) is 0. The molecule has 108 valence electrons. The quantitative estimate of drug-likeness (QED) is 0.763. The van der Waals surface area contributed by atoms with Crippen molar-refractivity contribution >= 4 is 16.5 Å². The van der Waals surface area contributed by atoms with Crippen LogP contribution in [0.15, 0.2) is 60.0 Å². The topological polar surface area (TPSA) is 48.7 Å². The number of hydrogen-bond donors (Lipinski definition) is 1. The molecule has 0 aliphatic carbocycles. The fourth-order valence-corrected chi connectivity index (χ4v) is 2.91. The molecule has 3 aromatic rings. The lowest BCUT2D eigenvalue weighted by atomic mass is 10.1. The van der Waals surface area contributed by atoms with Gasteiger partial charge in [0.25, 0.3) is 0 Å². The van der Waals surface area contributed by atoms with Crippen molar-refractivity contribution in [1.82, 2.24) is 4.98 Å². The maximum Gasteiger partial charge on any atom is 0.183 e. The Hall–Kier alpha value is -2.64. The molecule has 0 saturated heterocycles. The predicted octanol–water partition coefficient (Wildman–Crippen LogP) is 4.34. The first-order chi connectivity index (χ1) is 10.8. The Kier molecular flexibility index (Phi) is 4.47. The number of hydrogen-bond acceptors (Lipinski definition) is 4. The Bertz CT molecular complexity index is 770. The minimum absolute atomic E-state index is 0.667. The lowest BCUT2D eigenvalue weighted by Gasteiger charge is -2.02. The monoisotopic (exact) mass is 305 g/mol. The molecule has 0 unspecified atom stereocenters. The molecule has 0 atom stereocenters. The van der Waals surface area contributed by atoms with E-state index in [1.54, 1.807) is 11.3 Å². The zero-order valence-corrected chi connectivity index (χ0v) is 12.8. The Morgan fingerprint density at radius 2 is 1.82 bits per heavy atom. The van der Waals surface area contributed by atoms with Crippen molar-refractivity contribution in [1.29, 1.82) is 5.26 Å². The fraction of sp³-hybridized carbons (Fsp3) is 0.111. The summed E-state index contributed by atoms with van der Waals surface area (Å²) in [5, 5.41) is 15.1. The highest BCUT2D eigenvalue weighted by molar-refractivity contribution is 7.14. The van der Waals surface area contributed by atoms with Gasteiger partial charge in [-0.1, -0.05) is 42.5 Å². The maximum atomic E-state index is 8.82. The van der Waals surface area contributed by atoms with Crippen LogP contribution in [-0.2, 0) is 6.42 Å². The minimum atomic E-state index is 0.667. The Balaban J connectivity index is 1.60. The van der Waals surface area contributed by atoms with Gasteiger partial charge in [-0.25, -0.2) is 4.98 Å². The average molecular weight is 305 g/mol. The van der Waals surface area contributed by atoms with Crippen LogP contribution in [0.4, 0.5) is 5.13 Å². The van der Waals surface area contributed by atoms with E-state index in [2.05, 4.69) is 40.6 Å². The van der Waals surface area contributed by atoms with Gasteiger partial charge in [0.05, 0.1) is 17.3 Å². The van der Waals surface area contributed by atoms with E-state index in [0.29, 0.717) is 5.56 Å². The number of aromatic nitrogens is 1. The molecule has 22 heavy (non-hydrogen) atoms.